The lowest BCUT2D eigenvalue weighted by Crippen LogP contribution is -2.03. The van der Waals surface area contributed by atoms with E-state index in [0.29, 0.717) is 18.7 Å². The molecule has 1 aromatic carbocycles. The average molecular weight is 290 g/mol. The summed E-state index contributed by atoms with van der Waals surface area (Å²) < 4.78 is 1.67. The molecule has 7 nitrogen and oxygen atoms in total. The molecule has 2 rings (SSSR count). The van der Waals surface area contributed by atoms with E-state index in [2.05, 4.69) is 10.4 Å². The average Bonchev–Trinajstić information content (AvgIpc) is 2.87. The molecule has 2 aromatic rings. The molecule has 0 atom stereocenters. The smallest absolute Gasteiger partial charge is 0.272 e. The van der Waals surface area contributed by atoms with Crippen molar-refractivity contribution < 1.29 is 10.0 Å². The van der Waals surface area contributed by atoms with Crippen LogP contribution in [0.1, 0.15) is 16.7 Å². The Bertz CT molecular complexity index is 652. The number of nitrogens with zero attached hydrogens (tertiary/aromatic N) is 3. The van der Waals surface area contributed by atoms with Crippen molar-refractivity contribution in [2.45, 2.75) is 26.9 Å². The van der Waals surface area contributed by atoms with Gasteiger partial charge in [0.25, 0.3) is 5.69 Å². The summed E-state index contributed by atoms with van der Waals surface area (Å²) in [6, 6.07) is 3.36. The van der Waals surface area contributed by atoms with E-state index in [1.54, 1.807) is 29.9 Å². The van der Waals surface area contributed by atoms with Crippen molar-refractivity contribution in [3.8, 4) is 0 Å². The van der Waals surface area contributed by atoms with Gasteiger partial charge in [-0.2, -0.15) is 5.10 Å². The molecule has 0 spiro atoms. The third-order valence-electron chi connectivity index (χ3n) is 3.24. The van der Waals surface area contributed by atoms with Crippen LogP contribution in [0.25, 0.3) is 0 Å². The van der Waals surface area contributed by atoms with Gasteiger partial charge in [0, 0.05) is 35.6 Å². The van der Waals surface area contributed by atoms with E-state index in [-0.39, 0.29) is 17.2 Å². The Kier molecular flexibility index (Phi) is 4.54. The highest BCUT2D eigenvalue weighted by molar-refractivity contribution is 5.59. The first-order valence-electron chi connectivity index (χ1n) is 6.63. The number of nitrogens with one attached hydrogen (secondary N) is 1. The minimum Gasteiger partial charge on any atom is -0.394 e. The summed E-state index contributed by atoms with van der Waals surface area (Å²) in [5.74, 6) is 0. The van der Waals surface area contributed by atoms with Crippen molar-refractivity contribution in [1.29, 1.82) is 0 Å². The molecule has 0 amide bonds. The Hall–Kier alpha value is -2.41. The molecule has 0 saturated heterocycles. The number of aliphatic hydroxyl groups is 1. The Morgan fingerprint density at radius 3 is 2.81 bits per heavy atom. The van der Waals surface area contributed by atoms with Gasteiger partial charge in [0.15, 0.2) is 0 Å². The molecule has 0 aliphatic carbocycles. The highest BCUT2D eigenvalue weighted by atomic mass is 16.6. The molecule has 21 heavy (non-hydrogen) atoms. The Morgan fingerprint density at radius 2 is 2.14 bits per heavy atom. The summed E-state index contributed by atoms with van der Waals surface area (Å²) in [4.78, 5) is 10.5. The van der Waals surface area contributed by atoms with E-state index >= 15 is 0 Å². The van der Waals surface area contributed by atoms with Crippen LogP contribution < -0.4 is 5.32 Å². The van der Waals surface area contributed by atoms with Crippen LogP contribution in [0.4, 0.5) is 11.4 Å². The number of hydrogen-bond donors (Lipinski definition) is 2. The first-order chi connectivity index (χ1) is 10.0. The van der Waals surface area contributed by atoms with Crippen molar-refractivity contribution in [1.82, 2.24) is 9.78 Å². The number of aromatic nitrogens is 2. The molecule has 112 valence electrons. The maximum absolute atomic E-state index is 10.9. The fourth-order valence-electron chi connectivity index (χ4n) is 2.11. The van der Waals surface area contributed by atoms with E-state index in [4.69, 9.17) is 5.11 Å². The van der Waals surface area contributed by atoms with Crippen LogP contribution >= 0.6 is 0 Å². The van der Waals surface area contributed by atoms with E-state index in [1.807, 2.05) is 13.1 Å². The molecule has 1 heterocycles. The molecule has 7 heteroatoms. The summed E-state index contributed by atoms with van der Waals surface area (Å²) in [5, 5.41) is 27.1. The van der Waals surface area contributed by atoms with Crippen LogP contribution in [0.2, 0.25) is 0 Å². The highest BCUT2D eigenvalue weighted by Crippen LogP contribution is 2.26. The Balaban J connectivity index is 2.09. The van der Waals surface area contributed by atoms with Crippen molar-refractivity contribution in [2.24, 2.45) is 0 Å². The fourth-order valence-corrected chi connectivity index (χ4v) is 2.11. The summed E-state index contributed by atoms with van der Waals surface area (Å²) in [7, 11) is 0. The fraction of sp³-hybridized carbons (Fsp3) is 0.357. The predicted molar refractivity (Wildman–Crippen MR) is 79.2 cm³/mol. The van der Waals surface area contributed by atoms with Crippen molar-refractivity contribution in [2.75, 3.05) is 11.9 Å². The van der Waals surface area contributed by atoms with Gasteiger partial charge in [-0.3, -0.25) is 14.8 Å². The number of nitro groups is 1. The van der Waals surface area contributed by atoms with Gasteiger partial charge in [0.2, 0.25) is 0 Å². The van der Waals surface area contributed by atoms with Gasteiger partial charge in [-0.25, -0.2) is 0 Å². The summed E-state index contributed by atoms with van der Waals surface area (Å²) in [5.41, 5.74) is 3.44. The summed E-state index contributed by atoms with van der Waals surface area (Å²) in [6.07, 6.45) is 3.59. The van der Waals surface area contributed by atoms with Crippen LogP contribution in [0.15, 0.2) is 24.5 Å². The number of aryl methyl sites for hydroxylation is 2. The minimum absolute atomic E-state index is 0.0508. The summed E-state index contributed by atoms with van der Waals surface area (Å²) in [6.45, 7) is 4.65. The van der Waals surface area contributed by atoms with E-state index in [1.165, 1.54) is 0 Å². The number of nitro benzene ring substituents is 1. The van der Waals surface area contributed by atoms with Gasteiger partial charge in [0.1, 0.15) is 0 Å². The lowest BCUT2D eigenvalue weighted by molar-refractivity contribution is -0.385. The minimum atomic E-state index is -0.370. The van der Waals surface area contributed by atoms with Crippen LogP contribution in [-0.4, -0.2) is 26.4 Å². The lowest BCUT2D eigenvalue weighted by Gasteiger charge is -2.10. The second kappa shape index (κ2) is 6.36. The van der Waals surface area contributed by atoms with Crippen LogP contribution in [0.5, 0.6) is 0 Å². The van der Waals surface area contributed by atoms with Gasteiger partial charge in [-0.15, -0.1) is 0 Å². The highest BCUT2D eigenvalue weighted by Gasteiger charge is 2.13. The topological polar surface area (TPSA) is 93.2 Å². The molecule has 0 fully saturated rings. The zero-order valence-corrected chi connectivity index (χ0v) is 12.0. The molecule has 0 saturated carbocycles. The molecule has 2 N–H and O–H groups in total. The SMILES string of the molecule is Cc1cc([N+](=O)[O-])c(C)cc1NCc1cnn(CCO)c1. The molecule has 0 aliphatic rings. The quantitative estimate of drug-likeness (QED) is 0.627. The third kappa shape index (κ3) is 3.57. The lowest BCUT2D eigenvalue weighted by atomic mass is 10.1. The zero-order chi connectivity index (χ0) is 15.4. The van der Waals surface area contributed by atoms with Gasteiger partial charge >= 0.3 is 0 Å². The standard InChI is InChI=1S/C14H18N4O3/c1-10-6-14(18(20)21)11(2)5-13(10)15-7-12-8-16-17(9-12)3-4-19/h5-6,8-9,15,19H,3-4,7H2,1-2H3. The maximum atomic E-state index is 10.9. The van der Waals surface area contributed by atoms with E-state index in [0.717, 1.165) is 16.8 Å². The van der Waals surface area contributed by atoms with Crippen LogP contribution in [-0.2, 0) is 13.1 Å². The zero-order valence-electron chi connectivity index (χ0n) is 12.0. The van der Waals surface area contributed by atoms with E-state index < -0.39 is 0 Å². The number of benzene rings is 1. The second-order valence-electron chi connectivity index (χ2n) is 4.90. The Labute approximate surface area is 122 Å². The molecule has 0 bridgehead atoms. The number of rotatable bonds is 6. The van der Waals surface area contributed by atoms with E-state index in [9.17, 15) is 10.1 Å². The summed E-state index contributed by atoms with van der Waals surface area (Å²) >= 11 is 0. The number of anilines is 1. The van der Waals surface area contributed by atoms with Crippen LogP contribution in [0, 0.1) is 24.0 Å². The first-order valence-corrected chi connectivity index (χ1v) is 6.63. The van der Waals surface area contributed by atoms with Crippen molar-refractivity contribution in [3.63, 3.8) is 0 Å². The molecule has 0 aliphatic heterocycles. The molecule has 0 unspecified atom stereocenters. The number of aliphatic hydroxyl groups excluding tert-OH is 1. The first kappa shape index (κ1) is 15.0. The van der Waals surface area contributed by atoms with Crippen molar-refractivity contribution >= 4 is 11.4 Å². The van der Waals surface area contributed by atoms with Gasteiger partial charge < -0.3 is 10.4 Å². The molecular formula is C14H18N4O3. The van der Waals surface area contributed by atoms with Gasteiger partial charge in [-0.05, 0) is 25.5 Å². The van der Waals surface area contributed by atoms with Crippen molar-refractivity contribution in [3.05, 3.63) is 51.3 Å². The number of hydrogen-bond acceptors (Lipinski definition) is 5. The Morgan fingerprint density at radius 1 is 1.38 bits per heavy atom. The second-order valence-corrected chi connectivity index (χ2v) is 4.90. The van der Waals surface area contributed by atoms with Gasteiger partial charge in [-0.1, -0.05) is 0 Å². The largest absolute Gasteiger partial charge is 0.394 e. The monoisotopic (exact) mass is 290 g/mol. The molecule has 0 radical (unpaired) electrons. The van der Waals surface area contributed by atoms with Gasteiger partial charge in [0.05, 0.1) is 24.3 Å². The third-order valence-corrected chi connectivity index (χ3v) is 3.24. The predicted octanol–water partition coefficient (Wildman–Crippen LogP) is 2.01. The normalized spacial score (nSPS) is 10.6. The molecule has 1 aromatic heterocycles. The molecular weight excluding hydrogens is 272 g/mol. The maximum Gasteiger partial charge on any atom is 0.272 e. The van der Waals surface area contributed by atoms with Crippen LogP contribution in [0.3, 0.4) is 0 Å².